The summed E-state index contributed by atoms with van der Waals surface area (Å²) >= 11 is 0. The Morgan fingerprint density at radius 3 is 1.60 bits per heavy atom. The van der Waals surface area contributed by atoms with Crippen molar-refractivity contribution in [3.05, 3.63) is 25.7 Å². The van der Waals surface area contributed by atoms with E-state index in [9.17, 15) is 9.59 Å². The highest BCUT2D eigenvalue weighted by molar-refractivity contribution is 5.98. The molecule has 2 N–H and O–H groups in total. The van der Waals surface area contributed by atoms with Gasteiger partial charge in [-0.05, 0) is 0 Å². The summed E-state index contributed by atoms with van der Waals surface area (Å²) in [5, 5.41) is 17.7. The molecule has 0 aliphatic heterocycles. The summed E-state index contributed by atoms with van der Waals surface area (Å²) in [6.45, 7) is 5.27. The lowest BCUT2D eigenvalue weighted by Crippen LogP contribution is -2.46. The van der Waals surface area contributed by atoms with E-state index in [1.165, 1.54) is 0 Å². The van der Waals surface area contributed by atoms with Crippen molar-refractivity contribution in [1.82, 2.24) is 0 Å². The minimum Gasteiger partial charge on any atom is -0.500 e. The summed E-state index contributed by atoms with van der Waals surface area (Å²) in [5.41, 5.74) is -2.15. The van der Waals surface area contributed by atoms with Crippen LogP contribution in [0.3, 0.4) is 0 Å². The van der Waals surface area contributed by atoms with Crippen molar-refractivity contribution in [3.63, 3.8) is 0 Å². The van der Waals surface area contributed by atoms with Gasteiger partial charge in [0, 0.05) is 0 Å². The maximum absolute atomic E-state index is 10.9. The van der Waals surface area contributed by atoms with Crippen LogP contribution in [-0.2, 0) is 19.1 Å². The summed E-state index contributed by atoms with van der Waals surface area (Å²) < 4.78 is 9.21. The quantitative estimate of drug-likeness (QED) is 0.452. The predicted octanol–water partition coefficient (Wildman–Crippen LogP) is 0.462. The average molecular weight is 216 g/mol. The number of aliphatic carboxylic acids is 2. The first-order chi connectivity index (χ1) is 7.01. The molecule has 6 heteroatoms. The molecule has 0 fully saturated rings. The minimum absolute atomic E-state index is 0.561. The zero-order chi connectivity index (χ0) is 11.9. The number of carboxylic acid groups (broad SMARTS) is 2. The normalized spacial score (nSPS) is 10.1. The first kappa shape index (κ1) is 13.0. The molecule has 0 radical (unpaired) electrons. The summed E-state index contributed by atoms with van der Waals surface area (Å²) in [6, 6.07) is 0. The topological polar surface area (TPSA) is 93.1 Å². The molecule has 0 unspecified atom stereocenters. The Morgan fingerprint density at radius 2 is 1.40 bits per heavy atom. The van der Waals surface area contributed by atoms with Crippen LogP contribution in [-0.4, -0.2) is 35.4 Å². The molecule has 0 amide bonds. The number of hydrogen-bond acceptors (Lipinski definition) is 4. The Morgan fingerprint density at radius 1 is 1.07 bits per heavy atom. The van der Waals surface area contributed by atoms with Crippen molar-refractivity contribution in [2.24, 2.45) is 5.41 Å². The molecule has 84 valence electrons. The molecule has 0 rings (SSSR count). The summed E-state index contributed by atoms with van der Waals surface area (Å²) in [6.07, 6.45) is 1.93. The third-order valence-electron chi connectivity index (χ3n) is 1.71. The molecule has 0 spiro atoms. The standard InChI is InChI=1S/C9H12O6/c1-3-14-5-9(7(10)11,8(12)13)6-15-4-2/h3-4H,1-2,5-6H2,(H,10,11)(H,12,13). The minimum atomic E-state index is -2.15. The highest BCUT2D eigenvalue weighted by Crippen LogP contribution is 2.20. The van der Waals surface area contributed by atoms with Gasteiger partial charge in [0.2, 0.25) is 5.41 Å². The number of ether oxygens (including phenoxy) is 2. The van der Waals surface area contributed by atoms with E-state index < -0.39 is 30.6 Å². The maximum atomic E-state index is 10.9. The second-order valence-electron chi connectivity index (χ2n) is 2.65. The van der Waals surface area contributed by atoms with Gasteiger partial charge in [0.1, 0.15) is 13.2 Å². The lowest BCUT2D eigenvalue weighted by molar-refractivity contribution is -0.171. The van der Waals surface area contributed by atoms with Crippen molar-refractivity contribution >= 4 is 11.9 Å². The van der Waals surface area contributed by atoms with Crippen molar-refractivity contribution in [1.29, 1.82) is 0 Å². The van der Waals surface area contributed by atoms with Gasteiger partial charge < -0.3 is 19.7 Å². The highest BCUT2D eigenvalue weighted by atomic mass is 16.5. The molecule has 0 aromatic heterocycles. The van der Waals surface area contributed by atoms with E-state index in [2.05, 4.69) is 22.6 Å². The van der Waals surface area contributed by atoms with E-state index in [0.29, 0.717) is 0 Å². The Hall–Kier alpha value is -1.98. The number of carbonyl (C=O) groups is 2. The molecule has 15 heavy (non-hydrogen) atoms. The van der Waals surface area contributed by atoms with E-state index in [1.54, 1.807) is 0 Å². The lowest BCUT2D eigenvalue weighted by Gasteiger charge is -2.22. The zero-order valence-corrected chi connectivity index (χ0v) is 8.01. The number of hydrogen-bond donors (Lipinski definition) is 2. The van der Waals surface area contributed by atoms with Gasteiger partial charge in [-0.15, -0.1) is 0 Å². The first-order valence-electron chi connectivity index (χ1n) is 3.93. The van der Waals surface area contributed by atoms with Gasteiger partial charge >= 0.3 is 11.9 Å². The second-order valence-corrected chi connectivity index (χ2v) is 2.65. The summed E-state index contributed by atoms with van der Waals surface area (Å²) in [4.78, 5) is 21.7. The molecule has 0 aromatic carbocycles. The fourth-order valence-corrected chi connectivity index (χ4v) is 0.782. The Bertz CT molecular complexity index is 242. The van der Waals surface area contributed by atoms with Gasteiger partial charge in [0.05, 0.1) is 12.5 Å². The first-order valence-corrected chi connectivity index (χ1v) is 3.93. The third-order valence-corrected chi connectivity index (χ3v) is 1.71. The summed E-state index contributed by atoms with van der Waals surface area (Å²) in [5.74, 6) is -3.09. The Kier molecular flexibility index (Phi) is 4.94. The molecule has 6 nitrogen and oxygen atoms in total. The van der Waals surface area contributed by atoms with E-state index >= 15 is 0 Å². The fraction of sp³-hybridized carbons (Fsp3) is 0.333. The van der Waals surface area contributed by atoms with Crippen LogP contribution in [0.5, 0.6) is 0 Å². The zero-order valence-electron chi connectivity index (χ0n) is 8.01. The van der Waals surface area contributed by atoms with Crippen LogP contribution in [0, 0.1) is 5.41 Å². The van der Waals surface area contributed by atoms with Crippen LogP contribution in [0.2, 0.25) is 0 Å². The Labute approximate surface area is 86.4 Å². The molecule has 0 aromatic rings. The second kappa shape index (κ2) is 5.69. The van der Waals surface area contributed by atoms with Gasteiger partial charge in [-0.3, -0.25) is 9.59 Å². The van der Waals surface area contributed by atoms with Crippen LogP contribution in [0.25, 0.3) is 0 Å². The fourth-order valence-electron chi connectivity index (χ4n) is 0.782. The van der Waals surface area contributed by atoms with Crippen molar-refractivity contribution in [2.75, 3.05) is 13.2 Å². The summed E-state index contributed by atoms with van der Waals surface area (Å²) in [7, 11) is 0. The van der Waals surface area contributed by atoms with Crippen LogP contribution in [0.15, 0.2) is 25.7 Å². The maximum Gasteiger partial charge on any atom is 0.328 e. The van der Waals surface area contributed by atoms with Crippen LogP contribution in [0.4, 0.5) is 0 Å². The van der Waals surface area contributed by atoms with Gasteiger partial charge in [-0.1, -0.05) is 13.2 Å². The van der Waals surface area contributed by atoms with Gasteiger partial charge in [0.25, 0.3) is 0 Å². The third kappa shape index (κ3) is 3.01. The van der Waals surface area contributed by atoms with Crippen molar-refractivity contribution in [3.8, 4) is 0 Å². The predicted molar refractivity (Wildman–Crippen MR) is 50.0 cm³/mol. The number of carboxylic acids is 2. The van der Waals surface area contributed by atoms with Gasteiger partial charge in [0.15, 0.2) is 0 Å². The van der Waals surface area contributed by atoms with Crippen molar-refractivity contribution < 1.29 is 29.3 Å². The van der Waals surface area contributed by atoms with Gasteiger partial charge in [-0.2, -0.15) is 0 Å². The molecular weight excluding hydrogens is 204 g/mol. The molecule has 0 saturated heterocycles. The monoisotopic (exact) mass is 216 g/mol. The van der Waals surface area contributed by atoms with Crippen LogP contribution in [0.1, 0.15) is 0 Å². The largest absolute Gasteiger partial charge is 0.500 e. The molecule has 0 heterocycles. The average Bonchev–Trinajstić information content (AvgIpc) is 2.17. The molecule has 0 aliphatic carbocycles. The van der Waals surface area contributed by atoms with E-state index in [4.69, 9.17) is 10.2 Å². The van der Waals surface area contributed by atoms with Crippen LogP contribution >= 0.6 is 0 Å². The lowest BCUT2D eigenvalue weighted by atomic mass is 9.90. The SMILES string of the molecule is C=COCC(COC=C)(C(=O)O)C(=O)O. The van der Waals surface area contributed by atoms with E-state index in [0.717, 1.165) is 12.5 Å². The van der Waals surface area contributed by atoms with Crippen LogP contribution < -0.4 is 0 Å². The van der Waals surface area contributed by atoms with E-state index in [1.807, 2.05) is 0 Å². The molecule has 0 atom stereocenters. The number of rotatable bonds is 8. The van der Waals surface area contributed by atoms with E-state index in [-0.39, 0.29) is 0 Å². The smallest absolute Gasteiger partial charge is 0.328 e. The molecular formula is C9H12O6. The molecule has 0 bridgehead atoms. The Balaban J connectivity index is 4.88. The molecule has 0 saturated carbocycles. The molecule has 0 aliphatic rings. The van der Waals surface area contributed by atoms with Gasteiger partial charge in [-0.25, -0.2) is 0 Å². The van der Waals surface area contributed by atoms with Crippen molar-refractivity contribution in [2.45, 2.75) is 0 Å². The highest BCUT2D eigenvalue weighted by Gasteiger charge is 2.48.